The van der Waals surface area contributed by atoms with Gasteiger partial charge in [0, 0.05) is 69.5 Å². The zero-order chi connectivity index (χ0) is 18.6. The molecule has 5 nitrogen and oxygen atoms in total. The molecule has 164 valence electrons. The molecular formula is C22H36Cl2N4O. The lowest BCUT2D eigenvalue weighted by Crippen LogP contribution is -2.47. The average Bonchev–Trinajstić information content (AvgIpc) is 3.05. The van der Waals surface area contributed by atoms with E-state index in [1.807, 2.05) is 19.3 Å². The number of hydrogen-bond acceptors (Lipinski definition) is 4. The number of nitrogens with one attached hydrogen (secondary N) is 1. The Morgan fingerprint density at radius 2 is 1.83 bits per heavy atom. The number of carbonyl (C=O) groups excluding carboxylic acids is 1. The molecule has 1 aromatic rings. The topological polar surface area (TPSA) is 48.5 Å². The molecule has 7 heteroatoms. The molecule has 3 fully saturated rings. The third-order valence-electron chi connectivity index (χ3n) is 6.94. The van der Waals surface area contributed by atoms with Gasteiger partial charge in [-0.05, 0) is 56.6 Å². The van der Waals surface area contributed by atoms with Gasteiger partial charge in [0.1, 0.15) is 0 Å². The molecule has 1 aromatic heterocycles. The quantitative estimate of drug-likeness (QED) is 0.733. The van der Waals surface area contributed by atoms with Crippen LogP contribution in [-0.2, 0) is 11.2 Å². The fraction of sp³-hybridized carbons (Fsp3) is 0.727. The summed E-state index contributed by atoms with van der Waals surface area (Å²) >= 11 is 0. The number of amides is 1. The van der Waals surface area contributed by atoms with Gasteiger partial charge < -0.3 is 15.1 Å². The van der Waals surface area contributed by atoms with Gasteiger partial charge in [-0.1, -0.05) is 6.07 Å². The molecule has 3 aliphatic heterocycles. The molecule has 0 aromatic carbocycles. The van der Waals surface area contributed by atoms with Gasteiger partial charge in [0.15, 0.2) is 0 Å². The van der Waals surface area contributed by atoms with Crippen LogP contribution in [-0.4, -0.2) is 65.5 Å². The molecule has 3 saturated heterocycles. The number of nitrogens with zero attached hydrogens (tertiary/aromatic N) is 3. The summed E-state index contributed by atoms with van der Waals surface area (Å²) in [5.74, 6) is 0.963. The summed E-state index contributed by atoms with van der Waals surface area (Å²) in [5, 5.41) is 3.68. The fourth-order valence-electron chi connectivity index (χ4n) is 5.29. The highest BCUT2D eigenvalue weighted by Crippen LogP contribution is 2.33. The van der Waals surface area contributed by atoms with E-state index >= 15 is 0 Å². The first kappa shape index (κ1) is 24.4. The highest BCUT2D eigenvalue weighted by atomic mass is 35.5. The van der Waals surface area contributed by atoms with Gasteiger partial charge in [-0.3, -0.25) is 9.78 Å². The van der Waals surface area contributed by atoms with Gasteiger partial charge in [-0.25, -0.2) is 0 Å². The Morgan fingerprint density at radius 1 is 1.14 bits per heavy atom. The van der Waals surface area contributed by atoms with E-state index in [-0.39, 0.29) is 24.8 Å². The van der Waals surface area contributed by atoms with E-state index in [1.54, 1.807) is 0 Å². The molecule has 2 atom stereocenters. The largest absolute Gasteiger partial charge is 0.343 e. The maximum atomic E-state index is 12.8. The molecule has 0 saturated carbocycles. The second-order valence-electron chi connectivity index (χ2n) is 8.83. The molecule has 4 rings (SSSR count). The van der Waals surface area contributed by atoms with E-state index in [0.717, 1.165) is 45.3 Å². The van der Waals surface area contributed by atoms with Gasteiger partial charge >= 0.3 is 0 Å². The normalized spacial score (nSPS) is 27.0. The van der Waals surface area contributed by atoms with Gasteiger partial charge in [-0.2, -0.15) is 0 Å². The molecule has 0 spiro atoms. The Balaban J connectivity index is 0.00000150. The minimum Gasteiger partial charge on any atom is -0.343 e. The minimum atomic E-state index is 0. The predicted octanol–water partition coefficient (Wildman–Crippen LogP) is 3.31. The van der Waals surface area contributed by atoms with E-state index in [9.17, 15) is 4.79 Å². The molecule has 1 amide bonds. The highest BCUT2D eigenvalue weighted by molar-refractivity contribution is 5.85. The number of aromatic nitrogens is 1. The van der Waals surface area contributed by atoms with Crippen LogP contribution in [0.2, 0.25) is 0 Å². The van der Waals surface area contributed by atoms with Crippen LogP contribution in [0.5, 0.6) is 0 Å². The average molecular weight is 443 g/mol. The lowest BCUT2D eigenvalue weighted by molar-refractivity contribution is -0.134. The molecule has 29 heavy (non-hydrogen) atoms. The molecule has 4 heterocycles. The van der Waals surface area contributed by atoms with Crippen LogP contribution in [0.15, 0.2) is 24.4 Å². The SMILES string of the molecule is CN(C(=O)CC1CC2CCC(C1)N2)C1CCN(CCc2ccccn2)CC1.Cl.Cl. The van der Waals surface area contributed by atoms with Gasteiger partial charge in [0.2, 0.25) is 5.91 Å². The van der Waals surface area contributed by atoms with E-state index in [2.05, 4.69) is 32.2 Å². The maximum Gasteiger partial charge on any atom is 0.222 e. The Kier molecular flexibility index (Phi) is 9.67. The van der Waals surface area contributed by atoms with E-state index in [4.69, 9.17) is 0 Å². The number of likely N-dealkylation sites (tertiary alicyclic amines) is 1. The Hall–Kier alpha value is -0.880. The second kappa shape index (κ2) is 11.5. The van der Waals surface area contributed by atoms with Crippen LogP contribution < -0.4 is 5.32 Å². The van der Waals surface area contributed by atoms with Crippen molar-refractivity contribution in [3.63, 3.8) is 0 Å². The fourth-order valence-corrected chi connectivity index (χ4v) is 5.29. The first-order valence-electron chi connectivity index (χ1n) is 10.8. The number of carbonyl (C=O) groups is 1. The zero-order valence-electron chi connectivity index (χ0n) is 17.5. The minimum absolute atomic E-state index is 0. The number of fused-ring (bicyclic) bond motifs is 2. The van der Waals surface area contributed by atoms with Gasteiger partial charge in [0.05, 0.1) is 0 Å². The third-order valence-corrected chi connectivity index (χ3v) is 6.94. The van der Waals surface area contributed by atoms with Crippen molar-refractivity contribution in [1.29, 1.82) is 0 Å². The molecule has 2 unspecified atom stereocenters. The highest BCUT2D eigenvalue weighted by Gasteiger charge is 2.35. The first-order valence-corrected chi connectivity index (χ1v) is 10.8. The molecule has 3 aliphatic rings. The summed E-state index contributed by atoms with van der Waals surface area (Å²) in [6, 6.07) is 7.90. The summed E-state index contributed by atoms with van der Waals surface area (Å²) in [6.45, 7) is 3.25. The number of piperidine rings is 2. The van der Waals surface area contributed by atoms with Crippen molar-refractivity contribution >= 4 is 30.7 Å². The van der Waals surface area contributed by atoms with Crippen LogP contribution in [0.4, 0.5) is 0 Å². The summed E-state index contributed by atoms with van der Waals surface area (Å²) in [6.07, 6.45) is 10.8. The van der Waals surface area contributed by atoms with Gasteiger partial charge in [-0.15, -0.1) is 24.8 Å². The van der Waals surface area contributed by atoms with E-state index in [1.165, 1.54) is 31.4 Å². The lowest BCUT2D eigenvalue weighted by Gasteiger charge is -2.38. The van der Waals surface area contributed by atoms with Gasteiger partial charge in [0.25, 0.3) is 0 Å². The molecule has 0 aliphatic carbocycles. The smallest absolute Gasteiger partial charge is 0.222 e. The number of hydrogen-bond donors (Lipinski definition) is 1. The monoisotopic (exact) mass is 442 g/mol. The zero-order valence-corrected chi connectivity index (χ0v) is 19.1. The molecule has 2 bridgehead atoms. The number of rotatable bonds is 6. The molecule has 0 radical (unpaired) electrons. The van der Waals surface area contributed by atoms with Crippen molar-refractivity contribution in [2.75, 3.05) is 26.7 Å². The lowest BCUT2D eigenvalue weighted by atomic mass is 9.89. The first-order chi connectivity index (χ1) is 13.2. The van der Waals surface area contributed by atoms with Crippen molar-refractivity contribution < 1.29 is 4.79 Å². The van der Waals surface area contributed by atoms with Crippen molar-refractivity contribution in [2.45, 2.75) is 69.5 Å². The Bertz CT molecular complexity index is 612. The van der Waals surface area contributed by atoms with Crippen LogP contribution in [0.25, 0.3) is 0 Å². The Labute approximate surface area is 187 Å². The Morgan fingerprint density at radius 3 is 2.45 bits per heavy atom. The van der Waals surface area contributed by atoms with Crippen LogP contribution >= 0.6 is 24.8 Å². The van der Waals surface area contributed by atoms with Crippen LogP contribution in [0.3, 0.4) is 0 Å². The second-order valence-corrected chi connectivity index (χ2v) is 8.83. The standard InChI is InChI=1S/C22H34N4O.2ClH/c1-25(22(27)16-17-14-19-5-6-20(15-17)24-19)21-8-12-26(13-9-21)11-7-18-4-2-3-10-23-18;;/h2-4,10,17,19-21,24H,5-9,11-16H2,1H3;2*1H. The molecule has 1 N–H and O–H groups in total. The van der Waals surface area contributed by atoms with Crippen molar-refractivity contribution in [3.05, 3.63) is 30.1 Å². The van der Waals surface area contributed by atoms with E-state index < -0.39 is 0 Å². The van der Waals surface area contributed by atoms with Crippen molar-refractivity contribution in [1.82, 2.24) is 20.1 Å². The number of halogens is 2. The van der Waals surface area contributed by atoms with Crippen molar-refractivity contribution in [2.24, 2.45) is 5.92 Å². The third kappa shape index (κ3) is 6.55. The maximum absolute atomic E-state index is 12.8. The number of pyridine rings is 1. The summed E-state index contributed by atoms with van der Waals surface area (Å²) in [5.41, 5.74) is 1.17. The van der Waals surface area contributed by atoms with Crippen LogP contribution in [0.1, 0.15) is 50.6 Å². The van der Waals surface area contributed by atoms with Crippen LogP contribution in [0, 0.1) is 5.92 Å². The summed E-state index contributed by atoms with van der Waals surface area (Å²) in [4.78, 5) is 21.8. The van der Waals surface area contributed by atoms with Crippen molar-refractivity contribution in [3.8, 4) is 0 Å². The summed E-state index contributed by atoms with van der Waals surface area (Å²) in [7, 11) is 2.03. The van der Waals surface area contributed by atoms with E-state index in [0.29, 0.717) is 30.0 Å². The molecular weight excluding hydrogens is 407 g/mol. The summed E-state index contributed by atoms with van der Waals surface area (Å²) < 4.78 is 0. The predicted molar refractivity (Wildman–Crippen MR) is 122 cm³/mol.